The van der Waals surface area contributed by atoms with Crippen LogP contribution < -0.4 is 5.32 Å². The van der Waals surface area contributed by atoms with E-state index < -0.39 is 24.8 Å². The van der Waals surface area contributed by atoms with Gasteiger partial charge in [-0.1, -0.05) is 30.3 Å². The SMILES string of the molecule is Cn1cc(NC(=O)C(=O)N(Cc2ccccc2)CC(F)F)cn1. The standard InChI is InChI=1S/C15H16F2N4O2/c1-20-9-12(7-18-20)19-14(22)15(23)21(10-13(16)17)8-11-5-3-2-4-6-11/h2-7,9,13H,8,10H2,1H3,(H,19,22). The van der Waals surface area contributed by atoms with Crippen LogP contribution in [0, 0.1) is 0 Å². The predicted molar refractivity (Wildman–Crippen MR) is 79.7 cm³/mol. The van der Waals surface area contributed by atoms with Crippen LogP contribution in [0.4, 0.5) is 14.5 Å². The number of halogens is 2. The van der Waals surface area contributed by atoms with Crippen molar-refractivity contribution in [1.82, 2.24) is 14.7 Å². The second-order valence-electron chi connectivity index (χ2n) is 4.92. The Balaban J connectivity index is 2.07. The Hall–Kier alpha value is -2.77. The first-order valence-corrected chi connectivity index (χ1v) is 6.86. The number of rotatable bonds is 5. The average Bonchev–Trinajstić information content (AvgIpc) is 2.91. The van der Waals surface area contributed by atoms with E-state index in [0.29, 0.717) is 11.3 Å². The third-order valence-electron chi connectivity index (χ3n) is 3.02. The number of nitrogens with one attached hydrogen (secondary N) is 1. The van der Waals surface area contributed by atoms with E-state index in [1.807, 2.05) is 0 Å². The lowest BCUT2D eigenvalue weighted by Gasteiger charge is -2.21. The monoisotopic (exact) mass is 322 g/mol. The summed E-state index contributed by atoms with van der Waals surface area (Å²) in [7, 11) is 1.65. The van der Waals surface area contributed by atoms with Crippen molar-refractivity contribution in [2.24, 2.45) is 7.05 Å². The molecule has 1 aromatic heterocycles. The van der Waals surface area contributed by atoms with Crippen molar-refractivity contribution in [2.45, 2.75) is 13.0 Å². The molecule has 1 N–H and O–H groups in total. The summed E-state index contributed by atoms with van der Waals surface area (Å²) in [5.41, 5.74) is 0.984. The Bertz CT molecular complexity index is 673. The summed E-state index contributed by atoms with van der Waals surface area (Å²) in [5.74, 6) is -1.99. The van der Waals surface area contributed by atoms with Gasteiger partial charge in [0.2, 0.25) is 0 Å². The maximum Gasteiger partial charge on any atom is 0.314 e. The van der Waals surface area contributed by atoms with Crippen molar-refractivity contribution in [2.75, 3.05) is 11.9 Å². The molecule has 122 valence electrons. The van der Waals surface area contributed by atoms with E-state index in [9.17, 15) is 18.4 Å². The molecule has 0 saturated heterocycles. The quantitative estimate of drug-likeness (QED) is 0.851. The number of carbonyl (C=O) groups is 2. The molecule has 0 saturated carbocycles. The number of carbonyl (C=O) groups excluding carboxylic acids is 2. The molecule has 8 heteroatoms. The molecule has 23 heavy (non-hydrogen) atoms. The fourth-order valence-electron chi connectivity index (χ4n) is 2.00. The van der Waals surface area contributed by atoms with Crippen LogP contribution in [0.25, 0.3) is 0 Å². The van der Waals surface area contributed by atoms with E-state index in [1.165, 1.54) is 17.1 Å². The van der Waals surface area contributed by atoms with Gasteiger partial charge in [-0.3, -0.25) is 14.3 Å². The molecular formula is C15H16F2N4O2. The molecule has 0 unspecified atom stereocenters. The van der Waals surface area contributed by atoms with E-state index in [2.05, 4.69) is 10.4 Å². The zero-order valence-corrected chi connectivity index (χ0v) is 12.4. The molecule has 0 spiro atoms. The Morgan fingerprint density at radius 1 is 1.30 bits per heavy atom. The number of aromatic nitrogens is 2. The minimum atomic E-state index is -2.73. The zero-order chi connectivity index (χ0) is 16.8. The molecule has 2 rings (SSSR count). The normalized spacial score (nSPS) is 10.6. The van der Waals surface area contributed by atoms with Crippen LogP contribution in [0.3, 0.4) is 0 Å². The first-order chi connectivity index (χ1) is 11.0. The molecule has 1 heterocycles. The molecule has 0 bridgehead atoms. The number of aryl methyl sites for hydroxylation is 1. The molecule has 0 aliphatic rings. The van der Waals surface area contributed by atoms with Crippen LogP contribution in [0.1, 0.15) is 5.56 Å². The molecular weight excluding hydrogens is 306 g/mol. The van der Waals surface area contributed by atoms with Gasteiger partial charge >= 0.3 is 11.8 Å². The Labute approximate surface area is 131 Å². The van der Waals surface area contributed by atoms with Gasteiger partial charge in [0, 0.05) is 19.8 Å². The van der Waals surface area contributed by atoms with Crippen LogP contribution in [0.15, 0.2) is 42.7 Å². The maximum absolute atomic E-state index is 12.7. The molecule has 0 atom stereocenters. The number of hydrogen-bond donors (Lipinski definition) is 1. The largest absolute Gasteiger partial charge is 0.324 e. The molecule has 0 radical (unpaired) electrons. The van der Waals surface area contributed by atoms with Crippen LogP contribution in [-0.2, 0) is 23.2 Å². The third-order valence-corrected chi connectivity index (χ3v) is 3.02. The lowest BCUT2D eigenvalue weighted by molar-refractivity contribution is -0.144. The van der Waals surface area contributed by atoms with Gasteiger partial charge in [0.15, 0.2) is 0 Å². The highest BCUT2D eigenvalue weighted by Gasteiger charge is 2.25. The Kier molecular flexibility index (Phi) is 5.40. The molecule has 0 aliphatic carbocycles. The number of amides is 2. The van der Waals surface area contributed by atoms with Gasteiger partial charge in [0.05, 0.1) is 18.4 Å². The maximum atomic E-state index is 12.7. The smallest absolute Gasteiger partial charge is 0.314 e. The van der Waals surface area contributed by atoms with Crippen molar-refractivity contribution in [1.29, 1.82) is 0 Å². The van der Waals surface area contributed by atoms with Crippen molar-refractivity contribution < 1.29 is 18.4 Å². The van der Waals surface area contributed by atoms with Gasteiger partial charge < -0.3 is 10.2 Å². The summed E-state index contributed by atoms with van der Waals surface area (Å²) in [5, 5.41) is 6.19. The second-order valence-corrected chi connectivity index (χ2v) is 4.92. The van der Waals surface area contributed by atoms with E-state index in [-0.39, 0.29) is 6.54 Å². The number of hydrogen-bond acceptors (Lipinski definition) is 3. The lowest BCUT2D eigenvalue weighted by atomic mass is 10.2. The highest BCUT2D eigenvalue weighted by molar-refractivity contribution is 6.39. The van der Waals surface area contributed by atoms with Gasteiger partial charge in [0.25, 0.3) is 6.43 Å². The molecule has 1 aromatic carbocycles. The fraction of sp³-hybridized carbons (Fsp3) is 0.267. The van der Waals surface area contributed by atoms with E-state index >= 15 is 0 Å². The van der Waals surface area contributed by atoms with Crippen LogP contribution >= 0.6 is 0 Å². The van der Waals surface area contributed by atoms with Crippen molar-refractivity contribution >= 4 is 17.5 Å². The fourth-order valence-corrected chi connectivity index (χ4v) is 2.00. The molecule has 0 fully saturated rings. The number of nitrogens with zero attached hydrogens (tertiary/aromatic N) is 3. The van der Waals surface area contributed by atoms with Crippen LogP contribution in [0.5, 0.6) is 0 Å². The lowest BCUT2D eigenvalue weighted by Crippen LogP contribution is -2.41. The van der Waals surface area contributed by atoms with Gasteiger partial charge in [-0.15, -0.1) is 0 Å². The molecule has 0 aliphatic heterocycles. The highest BCUT2D eigenvalue weighted by Crippen LogP contribution is 2.09. The second kappa shape index (κ2) is 7.48. The van der Waals surface area contributed by atoms with E-state index in [4.69, 9.17) is 0 Å². The van der Waals surface area contributed by atoms with Crippen LogP contribution in [0.2, 0.25) is 0 Å². The average molecular weight is 322 g/mol. The summed E-state index contributed by atoms with van der Waals surface area (Å²) >= 11 is 0. The van der Waals surface area contributed by atoms with Crippen molar-refractivity contribution in [3.63, 3.8) is 0 Å². The Morgan fingerprint density at radius 2 is 2.00 bits per heavy atom. The Morgan fingerprint density at radius 3 is 2.57 bits per heavy atom. The summed E-state index contributed by atoms with van der Waals surface area (Å²) in [4.78, 5) is 24.9. The first-order valence-electron chi connectivity index (χ1n) is 6.86. The number of benzene rings is 1. The summed E-state index contributed by atoms with van der Waals surface area (Å²) in [6.07, 6.45) is 0.133. The third kappa shape index (κ3) is 4.87. The summed E-state index contributed by atoms with van der Waals surface area (Å²) in [6, 6.07) is 8.64. The van der Waals surface area contributed by atoms with Gasteiger partial charge in [-0.05, 0) is 5.56 Å². The van der Waals surface area contributed by atoms with Gasteiger partial charge in [0.1, 0.15) is 0 Å². The molecule has 2 aromatic rings. The highest BCUT2D eigenvalue weighted by atomic mass is 19.3. The first kappa shape index (κ1) is 16.6. The predicted octanol–water partition coefficient (Wildman–Crippen LogP) is 1.65. The van der Waals surface area contributed by atoms with E-state index in [1.54, 1.807) is 37.4 Å². The minimum Gasteiger partial charge on any atom is -0.324 e. The number of anilines is 1. The van der Waals surface area contributed by atoms with E-state index in [0.717, 1.165) is 4.90 Å². The molecule has 2 amide bonds. The summed E-state index contributed by atoms with van der Waals surface area (Å²) in [6.45, 7) is -0.876. The van der Waals surface area contributed by atoms with Crippen LogP contribution in [-0.4, -0.2) is 39.5 Å². The molecule has 6 nitrogen and oxygen atoms in total. The zero-order valence-electron chi connectivity index (χ0n) is 12.4. The van der Waals surface area contributed by atoms with Gasteiger partial charge in [-0.2, -0.15) is 5.10 Å². The number of alkyl halides is 2. The van der Waals surface area contributed by atoms with Crippen molar-refractivity contribution in [3.8, 4) is 0 Å². The van der Waals surface area contributed by atoms with Crippen molar-refractivity contribution in [3.05, 3.63) is 48.3 Å². The minimum absolute atomic E-state index is 0.0650. The summed E-state index contributed by atoms with van der Waals surface area (Å²) < 4.78 is 26.9. The van der Waals surface area contributed by atoms with Gasteiger partial charge in [-0.25, -0.2) is 8.78 Å². The topological polar surface area (TPSA) is 67.2 Å².